The first-order chi connectivity index (χ1) is 7.36. The Hall–Kier alpha value is -0.650. The zero-order valence-electron chi connectivity index (χ0n) is 9.00. The number of piperidine rings is 1. The van der Waals surface area contributed by atoms with Gasteiger partial charge >= 0.3 is 0 Å². The second-order valence-electron chi connectivity index (χ2n) is 4.10. The van der Waals surface area contributed by atoms with Gasteiger partial charge < -0.3 is 10.1 Å². The van der Waals surface area contributed by atoms with Crippen molar-refractivity contribution in [2.45, 2.75) is 12.8 Å². The summed E-state index contributed by atoms with van der Waals surface area (Å²) in [4.78, 5) is 11.8. The van der Waals surface area contributed by atoms with Crippen LogP contribution in [0.15, 0.2) is 0 Å². The van der Waals surface area contributed by atoms with Crippen molar-refractivity contribution < 1.29 is 9.53 Å². The molecule has 0 aromatic rings. The maximum absolute atomic E-state index is 11.8. The van der Waals surface area contributed by atoms with Gasteiger partial charge in [0.1, 0.15) is 0 Å². The lowest BCUT2D eigenvalue weighted by Gasteiger charge is -2.30. The minimum Gasteiger partial charge on any atom is -0.379 e. The second-order valence-corrected chi connectivity index (χ2v) is 4.10. The molecule has 0 spiro atoms. The molecule has 2 N–H and O–H groups in total. The number of nitrogens with one attached hydrogen (secondary N) is 2. The Morgan fingerprint density at radius 2 is 1.93 bits per heavy atom. The van der Waals surface area contributed by atoms with E-state index < -0.39 is 0 Å². The number of hydrogen-bond acceptors (Lipinski definition) is 4. The lowest BCUT2D eigenvalue weighted by molar-refractivity contribution is -0.132. The highest BCUT2D eigenvalue weighted by molar-refractivity contribution is 5.78. The molecule has 15 heavy (non-hydrogen) atoms. The fourth-order valence-electron chi connectivity index (χ4n) is 2.01. The summed E-state index contributed by atoms with van der Waals surface area (Å²) in [5, 5.41) is 5.23. The van der Waals surface area contributed by atoms with E-state index in [-0.39, 0.29) is 11.8 Å². The number of carbonyl (C=O) groups is 1. The zero-order chi connectivity index (χ0) is 10.5. The lowest BCUT2D eigenvalue weighted by Crippen LogP contribution is -2.51. The molecule has 5 heteroatoms. The lowest BCUT2D eigenvalue weighted by atomic mass is 9.98. The molecule has 0 bridgehead atoms. The van der Waals surface area contributed by atoms with Crippen LogP contribution in [0.3, 0.4) is 0 Å². The number of nitrogens with zero attached hydrogens (tertiary/aromatic N) is 1. The minimum absolute atomic E-state index is 0.179. The smallest absolute Gasteiger partial charge is 0.237 e. The van der Waals surface area contributed by atoms with Crippen molar-refractivity contribution in [1.29, 1.82) is 0 Å². The average Bonchev–Trinajstić information content (AvgIpc) is 2.31. The van der Waals surface area contributed by atoms with Crippen LogP contribution in [0.2, 0.25) is 0 Å². The van der Waals surface area contributed by atoms with Crippen LogP contribution < -0.4 is 10.7 Å². The third-order valence-electron chi connectivity index (χ3n) is 2.99. The fraction of sp³-hybridized carbons (Fsp3) is 0.900. The SMILES string of the molecule is O=C(NN1CCOCC1)C1CCNCC1. The van der Waals surface area contributed by atoms with Gasteiger partial charge in [-0.1, -0.05) is 0 Å². The number of hydrogen-bond donors (Lipinski definition) is 2. The molecule has 2 saturated heterocycles. The Morgan fingerprint density at radius 1 is 1.27 bits per heavy atom. The van der Waals surface area contributed by atoms with Crippen molar-refractivity contribution in [3.63, 3.8) is 0 Å². The first-order valence-electron chi connectivity index (χ1n) is 5.70. The van der Waals surface area contributed by atoms with Crippen molar-refractivity contribution >= 4 is 5.91 Å². The van der Waals surface area contributed by atoms with Gasteiger partial charge in [0.15, 0.2) is 0 Å². The highest BCUT2D eigenvalue weighted by Crippen LogP contribution is 2.11. The number of carbonyl (C=O) groups excluding carboxylic acids is 1. The van der Waals surface area contributed by atoms with Crippen molar-refractivity contribution in [2.24, 2.45) is 5.92 Å². The molecule has 2 heterocycles. The number of ether oxygens (including phenoxy) is 1. The molecule has 2 aliphatic heterocycles. The van der Waals surface area contributed by atoms with Crippen LogP contribution in [-0.4, -0.2) is 50.3 Å². The molecule has 0 radical (unpaired) electrons. The van der Waals surface area contributed by atoms with E-state index >= 15 is 0 Å². The highest BCUT2D eigenvalue weighted by atomic mass is 16.5. The van der Waals surface area contributed by atoms with E-state index in [9.17, 15) is 4.79 Å². The molecule has 0 unspecified atom stereocenters. The van der Waals surface area contributed by atoms with Crippen LogP contribution in [0.25, 0.3) is 0 Å². The third-order valence-corrected chi connectivity index (χ3v) is 2.99. The number of morpholine rings is 1. The van der Waals surface area contributed by atoms with Gasteiger partial charge in [-0.3, -0.25) is 10.2 Å². The standard InChI is InChI=1S/C10H19N3O2/c14-10(9-1-3-11-4-2-9)12-13-5-7-15-8-6-13/h9,11H,1-8H2,(H,12,14). The molecule has 5 nitrogen and oxygen atoms in total. The van der Waals surface area contributed by atoms with Crippen LogP contribution in [0, 0.1) is 5.92 Å². The van der Waals surface area contributed by atoms with Gasteiger partial charge in [-0.2, -0.15) is 0 Å². The summed E-state index contributed by atoms with van der Waals surface area (Å²) in [6, 6.07) is 0. The first-order valence-corrected chi connectivity index (χ1v) is 5.70. The molecular formula is C10H19N3O2. The highest BCUT2D eigenvalue weighted by Gasteiger charge is 2.23. The van der Waals surface area contributed by atoms with E-state index in [1.807, 2.05) is 5.01 Å². The molecule has 1 amide bonds. The van der Waals surface area contributed by atoms with Gasteiger partial charge in [-0.05, 0) is 25.9 Å². The van der Waals surface area contributed by atoms with Crippen molar-refractivity contribution in [1.82, 2.24) is 15.8 Å². The van der Waals surface area contributed by atoms with Crippen LogP contribution in [0.1, 0.15) is 12.8 Å². The summed E-state index contributed by atoms with van der Waals surface area (Å²) in [6.45, 7) is 4.95. The number of rotatable bonds is 2. The van der Waals surface area contributed by atoms with Crippen molar-refractivity contribution in [2.75, 3.05) is 39.4 Å². The summed E-state index contributed by atoms with van der Waals surface area (Å²) in [5.41, 5.74) is 2.98. The Balaban J connectivity index is 1.74. The summed E-state index contributed by atoms with van der Waals surface area (Å²) >= 11 is 0. The first kappa shape index (κ1) is 10.9. The normalized spacial score (nSPS) is 25.1. The van der Waals surface area contributed by atoms with Crippen LogP contribution in [0.4, 0.5) is 0 Å². The molecule has 0 saturated carbocycles. The van der Waals surface area contributed by atoms with E-state index in [4.69, 9.17) is 4.74 Å². The largest absolute Gasteiger partial charge is 0.379 e. The van der Waals surface area contributed by atoms with Gasteiger partial charge in [0, 0.05) is 19.0 Å². The number of amides is 1. The van der Waals surface area contributed by atoms with Crippen LogP contribution in [-0.2, 0) is 9.53 Å². The van der Waals surface area contributed by atoms with E-state index in [0.717, 1.165) is 39.0 Å². The van der Waals surface area contributed by atoms with E-state index in [2.05, 4.69) is 10.7 Å². The summed E-state index contributed by atoms with van der Waals surface area (Å²) in [5.74, 6) is 0.368. The van der Waals surface area contributed by atoms with Gasteiger partial charge in [0.05, 0.1) is 13.2 Å². The van der Waals surface area contributed by atoms with Crippen LogP contribution >= 0.6 is 0 Å². The minimum atomic E-state index is 0.179. The zero-order valence-corrected chi connectivity index (χ0v) is 9.00. The molecular weight excluding hydrogens is 194 g/mol. The monoisotopic (exact) mass is 213 g/mol. The van der Waals surface area contributed by atoms with Gasteiger partial charge in [0.25, 0.3) is 0 Å². The molecule has 86 valence electrons. The molecule has 0 aromatic carbocycles. The van der Waals surface area contributed by atoms with Crippen molar-refractivity contribution in [3.8, 4) is 0 Å². The molecule has 0 atom stereocenters. The Kier molecular flexibility index (Phi) is 3.94. The van der Waals surface area contributed by atoms with Gasteiger partial charge in [-0.25, -0.2) is 5.01 Å². The third kappa shape index (κ3) is 3.15. The summed E-state index contributed by atoms with van der Waals surface area (Å²) in [7, 11) is 0. The molecule has 0 aliphatic carbocycles. The van der Waals surface area contributed by atoms with Gasteiger partial charge in [0.2, 0.25) is 5.91 Å². The predicted molar refractivity (Wildman–Crippen MR) is 56.1 cm³/mol. The molecule has 2 rings (SSSR count). The van der Waals surface area contributed by atoms with Gasteiger partial charge in [-0.15, -0.1) is 0 Å². The maximum atomic E-state index is 11.8. The molecule has 0 aromatic heterocycles. The predicted octanol–water partition coefficient (Wildman–Crippen LogP) is -0.651. The average molecular weight is 213 g/mol. The number of hydrazine groups is 1. The van der Waals surface area contributed by atoms with E-state index in [1.165, 1.54) is 0 Å². The Labute approximate surface area is 90.1 Å². The molecule has 2 aliphatic rings. The summed E-state index contributed by atoms with van der Waals surface area (Å²) < 4.78 is 5.22. The summed E-state index contributed by atoms with van der Waals surface area (Å²) in [6.07, 6.45) is 1.91. The van der Waals surface area contributed by atoms with Crippen molar-refractivity contribution in [3.05, 3.63) is 0 Å². The fourth-order valence-corrected chi connectivity index (χ4v) is 2.01. The van der Waals surface area contributed by atoms with E-state index in [0.29, 0.717) is 13.2 Å². The Morgan fingerprint density at radius 3 is 2.60 bits per heavy atom. The Bertz CT molecular complexity index is 211. The van der Waals surface area contributed by atoms with E-state index in [1.54, 1.807) is 0 Å². The second kappa shape index (κ2) is 5.44. The maximum Gasteiger partial charge on any atom is 0.237 e. The van der Waals surface area contributed by atoms with Crippen LogP contribution in [0.5, 0.6) is 0 Å². The quantitative estimate of drug-likeness (QED) is 0.640. The molecule has 2 fully saturated rings. The topological polar surface area (TPSA) is 53.6 Å².